The fourth-order valence-electron chi connectivity index (χ4n) is 2.42. The van der Waals surface area contributed by atoms with E-state index in [-0.39, 0.29) is 5.91 Å². The third-order valence-electron chi connectivity index (χ3n) is 3.54. The number of amides is 1. The number of carbonyl (C=O) groups is 1. The lowest BCUT2D eigenvalue weighted by molar-refractivity contribution is 0.103. The van der Waals surface area contributed by atoms with Crippen molar-refractivity contribution >= 4 is 28.6 Å². The predicted octanol–water partition coefficient (Wildman–Crippen LogP) is 3.92. The van der Waals surface area contributed by atoms with Gasteiger partial charge in [-0.1, -0.05) is 13.0 Å². The lowest BCUT2D eigenvalue weighted by atomic mass is 10.0. The number of anilines is 2. The van der Waals surface area contributed by atoms with Crippen LogP contribution in [0.4, 0.5) is 11.4 Å². The largest absolute Gasteiger partial charge is 0.385 e. The fraction of sp³-hybridized carbons (Fsp3) is 0.312. The van der Waals surface area contributed by atoms with Crippen LogP contribution in [0.5, 0.6) is 0 Å². The van der Waals surface area contributed by atoms with E-state index < -0.39 is 0 Å². The van der Waals surface area contributed by atoms with Gasteiger partial charge in [-0.05, 0) is 49.1 Å². The molecular weight excluding hydrogens is 268 g/mol. The summed E-state index contributed by atoms with van der Waals surface area (Å²) in [5.41, 5.74) is 3.34. The number of hydrogen-bond acceptors (Lipinski definition) is 3. The topological polar surface area (TPSA) is 41.1 Å². The van der Waals surface area contributed by atoms with E-state index >= 15 is 0 Å². The number of carbonyl (C=O) groups excluding carboxylic acids is 1. The summed E-state index contributed by atoms with van der Waals surface area (Å²) in [5.74, 6) is -0.0227. The smallest absolute Gasteiger partial charge is 0.265 e. The van der Waals surface area contributed by atoms with E-state index in [1.807, 2.05) is 24.3 Å². The van der Waals surface area contributed by atoms with Crippen LogP contribution in [-0.4, -0.2) is 12.5 Å². The highest BCUT2D eigenvalue weighted by Crippen LogP contribution is 2.26. The number of nitrogens with one attached hydrogen (secondary N) is 2. The van der Waals surface area contributed by atoms with Crippen molar-refractivity contribution in [2.45, 2.75) is 26.2 Å². The second kappa shape index (κ2) is 5.67. The summed E-state index contributed by atoms with van der Waals surface area (Å²) in [7, 11) is 0. The van der Waals surface area contributed by atoms with E-state index in [1.54, 1.807) is 11.3 Å². The normalized spacial score (nSPS) is 13.4. The zero-order valence-corrected chi connectivity index (χ0v) is 12.3. The van der Waals surface area contributed by atoms with Crippen LogP contribution in [0.15, 0.2) is 30.3 Å². The van der Waals surface area contributed by atoms with Gasteiger partial charge in [0.1, 0.15) is 0 Å². The van der Waals surface area contributed by atoms with Crippen LogP contribution in [0.2, 0.25) is 0 Å². The van der Waals surface area contributed by atoms with Gasteiger partial charge in [0.05, 0.1) is 4.88 Å². The molecule has 0 saturated heterocycles. The van der Waals surface area contributed by atoms with Crippen molar-refractivity contribution < 1.29 is 4.79 Å². The summed E-state index contributed by atoms with van der Waals surface area (Å²) < 4.78 is 0. The molecular formula is C16H18N2OS. The highest BCUT2D eigenvalue weighted by Gasteiger charge is 2.12. The van der Waals surface area contributed by atoms with E-state index in [4.69, 9.17) is 0 Å². The summed E-state index contributed by atoms with van der Waals surface area (Å²) in [5, 5.41) is 6.36. The van der Waals surface area contributed by atoms with Gasteiger partial charge in [-0.2, -0.15) is 0 Å². The van der Waals surface area contributed by atoms with E-state index in [9.17, 15) is 4.79 Å². The SMILES string of the molecule is CCc1ccc(C(=O)Nc2ccc3c(c2)NCCC3)s1. The molecule has 0 spiro atoms. The van der Waals surface area contributed by atoms with Gasteiger partial charge < -0.3 is 10.6 Å². The highest BCUT2D eigenvalue weighted by molar-refractivity contribution is 7.14. The maximum Gasteiger partial charge on any atom is 0.265 e. The molecule has 3 nitrogen and oxygen atoms in total. The second-order valence-electron chi connectivity index (χ2n) is 4.98. The molecule has 2 heterocycles. The Morgan fingerprint density at radius 3 is 3.05 bits per heavy atom. The molecule has 20 heavy (non-hydrogen) atoms. The fourth-order valence-corrected chi connectivity index (χ4v) is 3.26. The zero-order valence-electron chi connectivity index (χ0n) is 11.5. The molecule has 4 heteroatoms. The molecule has 0 atom stereocenters. The van der Waals surface area contributed by atoms with Crippen molar-refractivity contribution in [3.63, 3.8) is 0 Å². The van der Waals surface area contributed by atoms with Crippen molar-refractivity contribution in [2.24, 2.45) is 0 Å². The summed E-state index contributed by atoms with van der Waals surface area (Å²) in [6, 6.07) is 10.0. The van der Waals surface area contributed by atoms with E-state index in [1.165, 1.54) is 16.9 Å². The van der Waals surface area contributed by atoms with Crippen LogP contribution in [0.25, 0.3) is 0 Å². The maximum atomic E-state index is 12.2. The van der Waals surface area contributed by atoms with Crippen molar-refractivity contribution in [1.29, 1.82) is 0 Å². The van der Waals surface area contributed by atoms with Gasteiger partial charge in [-0.3, -0.25) is 4.79 Å². The van der Waals surface area contributed by atoms with Gasteiger partial charge in [0.15, 0.2) is 0 Å². The Hall–Kier alpha value is -1.81. The maximum absolute atomic E-state index is 12.2. The molecule has 2 N–H and O–H groups in total. The average molecular weight is 286 g/mol. The van der Waals surface area contributed by atoms with E-state index in [2.05, 4.69) is 23.6 Å². The summed E-state index contributed by atoms with van der Waals surface area (Å²) in [6.07, 6.45) is 3.26. The number of rotatable bonds is 3. The zero-order chi connectivity index (χ0) is 13.9. The number of benzene rings is 1. The molecule has 0 fully saturated rings. The standard InChI is InChI=1S/C16H18N2OS/c1-2-13-7-8-15(20-13)16(19)18-12-6-5-11-4-3-9-17-14(11)10-12/h5-8,10,17H,2-4,9H2,1H3,(H,18,19). The lowest BCUT2D eigenvalue weighted by Gasteiger charge is -2.18. The first-order chi connectivity index (χ1) is 9.76. The Balaban J connectivity index is 1.75. The van der Waals surface area contributed by atoms with Crippen molar-refractivity contribution in [1.82, 2.24) is 0 Å². The first-order valence-electron chi connectivity index (χ1n) is 7.03. The van der Waals surface area contributed by atoms with Gasteiger partial charge in [-0.15, -0.1) is 11.3 Å². The summed E-state index contributed by atoms with van der Waals surface area (Å²) >= 11 is 1.56. The second-order valence-corrected chi connectivity index (χ2v) is 6.14. The first kappa shape index (κ1) is 13.2. The minimum atomic E-state index is -0.0227. The number of fused-ring (bicyclic) bond motifs is 1. The quantitative estimate of drug-likeness (QED) is 0.898. The summed E-state index contributed by atoms with van der Waals surface area (Å²) in [4.78, 5) is 14.2. The van der Waals surface area contributed by atoms with Gasteiger partial charge >= 0.3 is 0 Å². The lowest BCUT2D eigenvalue weighted by Crippen LogP contribution is -2.14. The molecule has 1 amide bonds. The Labute approximate surface area is 123 Å². The van der Waals surface area contributed by atoms with Gasteiger partial charge in [0.2, 0.25) is 0 Å². The molecule has 0 radical (unpaired) electrons. The van der Waals surface area contributed by atoms with E-state index in [0.717, 1.165) is 35.6 Å². The molecule has 1 aliphatic heterocycles. The molecule has 104 valence electrons. The molecule has 0 unspecified atom stereocenters. The van der Waals surface area contributed by atoms with Crippen molar-refractivity contribution in [3.05, 3.63) is 45.6 Å². The molecule has 1 aromatic heterocycles. The summed E-state index contributed by atoms with van der Waals surface area (Å²) in [6.45, 7) is 3.11. The Morgan fingerprint density at radius 1 is 1.35 bits per heavy atom. The molecule has 2 aromatic rings. The predicted molar refractivity (Wildman–Crippen MR) is 84.9 cm³/mol. The Bertz CT molecular complexity index is 633. The molecule has 1 aromatic carbocycles. The Morgan fingerprint density at radius 2 is 2.25 bits per heavy atom. The van der Waals surface area contributed by atoms with E-state index in [0.29, 0.717) is 0 Å². The van der Waals surface area contributed by atoms with Crippen molar-refractivity contribution in [3.8, 4) is 0 Å². The minimum absolute atomic E-state index is 0.0227. The van der Waals surface area contributed by atoms with Gasteiger partial charge in [0, 0.05) is 22.8 Å². The van der Waals surface area contributed by atoms with Crippen LogP contribution in [0, 0.1) is 0 Å². The molecule has 0 aliphatic carbocycles. The van der Waals surface area contributed by atoms with Crippen LogP contribution >= 0.6 is 11.3 Å². The number of hydrogen-bond donors (Lipinski definition) is 2. The van der Waals surface area contributed by atoms with Crippen LogP contribution in [-0.2, 0) is 12.8 Å². The molecule has 3 rings (SSSR count). The third kappa shape index (κ3) is 2.70. The van der Waals surface area contributed by atoms with Crippen molar-refractivity contribution in [2.75, 3.05) is 17.2 Å². The first-order valence-corrected chi connectivity index (χ1v) is 7.85. The number of aryl methyl sites for hydroxylation is 2. The Kier molecular flexibility index (Phi) is 3.74. The minimum Gasteiger partial charge on any atom is -0.385 e. The highest BCUT2D eigenvalue weighted by atomic mass is 32.1. The number of thiophene rings is 1. The third-order valence-corrected chi connectivity index (χ3v) is 4.77. The van der Waals surface area contributed by atoms with Crippen LogP contribution in [0.1, 0.15) is 33.5 Å². The molecule has 0 saturated carbocycles. The monoisotopic (exact) mass is 286 g/mol. The van der Waals surface area contributed by atoms with Crippen LogP contribution in [0.3, 0.4) is 0 Å². The van der Waals surface area contributed by atoms with Gasteiger partial charge in [-0.25, -0.2) is 0 Å². The average Bonchev–Trinajstić information content (AvgIpc) is 2.96. The van der Waals surface area contributed by atoms with Gasteiger partial charge in [0.25, 0.3) is 5.91 Å². The molecule has 0 bridgehead atoms. The molecule has 1 aliphatic rings. The van der Waals surface area contributed by atoms with Crippen LogP contribution < -0.4 is 10.6 Å².